The Morgan fingerprint density at radius 3 is 2.74 bits per heavy atom. The molecule has 2 rings (SSSR count). The van der Waals surface area contributed by atoms with Crippen LogP contribution < -0.4 is 11.1 Å². The highest BCUT2D eigenvalue weighted by atomic mass is 32.2. The van der Waals surface area contributed by atoms with Gasteiger partial charge in [-0.05, 0) is 32.3 Å². The molecule has 1 unspecified atom stereocenters. The van der Waals surface area contributed by atoms with Gasteiger partial charge in [-0.3, -0.25) is 14.4 Å². The van der Waals surface area contributed by atoms with E-state index in [9.17, 15) is 22.8 Å². The number of nitrogens with zero attached hydrogens (tertiary/aromatic N) is 1. The van der Waals surface area contributed by atoms with Gasteiger partial charge in [0.1, 0.15) is 10.7 Å². The second kappa shape index (κ2) is 8.66. The quantitative estimate of drug-likeness (QED) is 0.677. The lowest BCUT2D eigenvalue weighted by molar-refractivity contribution is -0.128. The molecule has 1 saturated heterocycles. The van der Waals surface area contributed by atoms with E-state index in [1.165, 1.54) is 12.3 Å². The molecule has 150 valence electrons. The molecule has 1 aromatic rings. The number of Topliss-reactive ketones (excluding diaryl/α,β-unsaturated/α-hetero) is 1. The number of carbonyl (C=O) groups is 3. The summed E-state index contributed by atoms with van der Waals surface area (Å²) in [5.41, 5.74) is 5.16. The summed E-state index contributed by atoms with van der Waals surface area (Å²) in [7, 11) is -3.83. The molecule has 0 aliphatic carbocycles. The van der Waals surface area contributed by atoms with E-state index in [1.807, 2.05) is 0 Å². The fourth-order valence-corrected chi connectivity index (χ4v) is 4.47. The maximum Gasteiger partial charge on any atom is 0.246 e. The highest BCUT2D eigenvalue weighted by molar-refractivity contribution is 7.89. The maximum absolute atomic E-state index is 12.7. The predicted octanol–water partition coefficient (Wildman–Crippen LogP) is 0.328. The fourth-order valence-electron chi connectivity index (χ4n) is 2.89. The summed E-state index contributed by atoms with van der Waals surface area (Å²) in [5, 5.41) is 2.64. The van der Waals surface area contributed by atoms with Crippen molar-refractivity contribution in [2.24, 2.45) is 11.7 Å². The lowest BCUT2D eigenvalue weighted by Gasteiger charge is -2.19. The number of primary amides is 1. The monoisotopic (exact) mass is 399 g/mol. The first-order valence-electron chi connectivity index (χ1n) is 8.78. The van der Waals surface area contributed by atoms with Gasteiger partial charge < -0.3 is 15.5 Å². The van der Waals surface area contributed by atoms with Crippen LogP contribution in [0.2, 0.25) is 0 Å². The second-order valence-corrected chi connectivity index (χ2v) is 8.66. The van der Waals surface area contributed by atoms with Gasteiger partial charge in [0, 0.05) is 18.9 Å². The molecule has 9 nitrogen and oxygen atoms in total. The topological polar surface area (TPSA) is 140 Å². The van der Waals surface area contributed by atoms with E-state index in [-0.39, 0.29) is 41.9 Å². The Kier molecular flexibility index (Phi) is 6.77. The van der Waals surface area contributed by atoms with Crippen LogP contribution >= 0.6 is 0 Å². The molecule has 27 heavy (non-hydrogen) atoms. The minimum atomic E-state index is -3.83. The van der Waals surface area contributed by atoms with Crippen LogP contribution in [0.1, 0.15) is 38.4 Å². The molecule has 1 aromatic heterocycles. The van der Waals surface area contributed by atoms with Crippen molar-refractivity contribution in [1.82, 2.24) is 9.62 Å². The van der Waals surface area contributed by atoms with E-state index in [0.29, 0.717) is 19.3 Å². The van der Waals surface area contributed by atoms with E-state index in [1.54, 1.807) is 13.8 Å². The molecule has 0 aromatic carbocycles. The minimum Gasteiger partial charge on any atom is -0.468 e. The Morgan fingerprint density at radius 1 is 1.44 bits per heavy atom. The minimum absolute atomic E-state index is 0.0400. The van der Waals surface area contributed by atoms with Gasteiger partial charge >= 0.3 is 0 Å². The maximum atomic E-state index is 12.7. The summed E-state index contributed by atoms with van der Waals surface area (Å²) in [6.07, 6.45) is 2.45. The lowest BCUT2D eigenvalue weighted by atomic mass is 10.0. The molecule has 10 heteroatoms. The van der Waals surface area contributed by atoms with Crippen molar-refractivity contribution < 1.29 is 27.2 Å². The third-order valence-corrected chi connectivity index (χ3v) is 6.65. The van der Waals surface area contributed by atoms with Crippen molar-refractivity contribution in [3.05, 3.63) is 18.1 Å². The first kappa shape index (κ1) is 21.1. The van der Waals surface area contributed by atoms with Gasteiger partial charge in [0.2, 0.25) is 21.8 Å². The number of sulfonamides is 1. The van der Waals surface area contributed by atoms with E-state index in [0.717, 1.165) is 4.31 Å². The van der Waals surface area contributed by atoms with Crippen molar-refractivity contribution in [3.63, 3.8) is 0 Å². The van der Waals surface area contributed by atoms with Crippen molar-refractivity contribution in [3.8, 4) is 0 Å². The molecular weight excluding hydrogens is 374 g/mol. The molecule has 1 aliphatic heterocycles. The van der Waals surface area contributed by atoms with Crippen LogP contribution in [0.4, 0.5) is 0 Å². The van der Waals surface area contributed by atoms with Crippen LogP contribution in [0.3, 0.4) is 0 Å². The Hall–Kier alpha value is -2.20. The van der Waals surface area contributed by atoms with Gasteiger partial charge in [-0.25, -0.2) is 8.42 Å². The molecule has 2 heterocycles. The Morgan fingerprint density at radius 2 is 2.15 bits per heavy atom. The predicted molar refractivity (Wildman–Crippen MR) is 96.0 cm³/mol. The van der Waals surface area contributed by atoms with Gasteiger partial charge in [-0.1, -0.05) is 6.92 Å². The average Bonchev–Trinajstić information content (AvgIpc) is 2.95. The highest BCUT2D eigenvalue weighted by Gasteiger charge is 2.34. The molecule has 0 spiro atoms. The molecule has 0 radical (unpaired) electrons. The number of aryl methyl sites for hydroxylation is 1. The Labute approximate surface area is 158 Å². The van der Waals surface area contributed by atoms with Gasteiger partial charge in [0.15, 0.2) is 5.78 Å². The largest absolute Gasteiger partial charge is 0.468 e. The van der Waals surface area contributed by atoms with Crippen LogP contribution in [0.25, 0.3) is 0 Å². The summed E-state index contributed by atoms with van der Waals surface area (Å²) in [4.78, 5) is 35.6. The molecular formula is C17H25N3O6S. The third-order valence-electron chi connectivity index (χ3n) is 4.68. The third kappa shape index (κ3) is 5.16. The normalized spacial score (nSPS) is 20.1. The number of carbonyl (C=O) groups excluding carboxylic acids is 3. The van der Waals surface area contributed by atoms with Crippen LogP contribution in [-0.2, 0) is 24.4 Å². The Balaban J connectivity index is 1.99. The van der Waals surface area contributed by atoms with Crippen LogP contribution in [-0.4, -0.2) is 49.5 Å². The number of nitrogens with two attached hydrogens (primary N) is 1. The zero-order valence-corrected chi connectivity index (χ0v) is 16.3. The van der Waals surface area contributed by atoms with E-state index >= 15 is 0 Å². The first-order chi connectivity index (χ1) is 12.6. The van der Waals surface area contributed by atoms with Gasteiger partial charge in [-0.15, -0.1) is 0 Å². The molecule has 2 atom stereocenters. The SMILES string of the molecule is Cc1occc1S(=O)(=O)N1CCC[C@H](NC(=O)CCC(C)C(N)=O)C(=O)C1. The molecule has 1 aliphatic rings. The van der Waals surface area contributed by atoms with Gasteiger partial charge in [0.25, 0.3) is 0 Å². The molecule has 3 N–H and O–H groups in total. The first-order valence-corrected chi connectivity index (χ1v) is 10.2. The van der Waals surface area contributed by atoms with Crippen LogP contribution in [0.15, 0.2) is 21.6 Å². The molecule has 2 amide bonds. The van der Waals surface area contributed by atoms with Crippen LogP contribution in [0.5, 0.6) is 0 Å². The molecule has 0 bridgehead atoms. The second-order valence-electron chi connectivity index (χ2n) is 6.75. The number of nitrogens with one attached hydrogen (secondary N) is 1. The van der Waals surface area contributed by atoms with E-state index < -0.39 is 27.9 Å². The molecule has 1 fully saturated rings. The van der Waals surface area contributed by atoms with Crippen molar-refractivity contribution in [2.75, 3.05) is 13.1 Å². The smallest absolute Gasteiger partial charge is 0.246 e. The summed E-state index contributed by atoms with van der Waals surface area (Å²) in [5.74, 6) is -1.37. The number of amides is 2. The van der Waals surface area contributed by atoms with Gasteiger partial charge in [-0.2, -0.15) is 4.31 Å². The standard InChI is InChI=1S/C17H25N3O6S/c1-11(17(18)23)5-6-16(22)19-13-4-3-8-20(10-14(13)21)27(24,25)15-7-9-26-12(15)2/h7,9,11,13H,3-6,8,10H2,1-2H3,(H2,18,23)(H,19,22)/t11?,13-/m0/s1. The van der Waals surface area contributed by atoms with Crippen LogP contribution in [0, 0.1) is 12.8 Å². The van der Waals surface area contributed by atoms with E-state index in [2.05, 4.69) is 5.32 Å². The van der Waals surface area contributed by atoms with Gasteiger partial charge in [0.05, 0.1) is 18.8 Å². The van der Waals surface area contributed by atoms with E-state index in [4.69, 9.17) is 10.2 Å². The molecule has 0 saturated carbocycles. The lowest BCUT2D eigenvalue weighted by Crippen LogP contribution is -2.44. The van der Waals surface area contributed by atoms with Crippen molar-refractivity contribution >= 4 is 27.6 Å². The number of rotatable bonds is 7. The summed E-state index contributed by atoms with van der Waals surface area (Å²) >= 11 is 0. The summed E-state index contributed by atoms with van der Waals surface area (Å²) in [6, 6.07) is 0.617. The number of furan rings is 1. The van der Waals surface area contributed by atoms with Crippen molar-refractivity contribution in [1.29, 1.82) is 0 Å². The number of hydrogen-bond acceptors (Lipinski definition) is 6. The average molecular weight is 399 g/mol. The van der Waals surface area contributed by atoms with Crippen molar-refractivity contribution in [2.45, 2.75) is 50.5 Å². The highest BCUT2D eigenvalue weighted by Crippen LogP contribution is 2.23. The number of hydrogen-bond donors (Lipinski definition) is 2. The summed E-state index contributed by atoms with van der Waals surface area (Å²) < 4.78 is 31.6. The fraction of sp³-hybridized carbons (Fsp3) is 0.588. The Bertz CT molecular complexity index is 816. The summed E-state index contributed by atoms with van der Waals surface area (Å²) in [6.45, 7) is 3.05. The zero-order valence-electron chi connectivity index (χ0n) is 15.4. The zero-order chi connectivity index (χ0) is 20.2. The number of ketones is 1.